The molecule has 0 saturated heterocycles. The van der Waals surface area contributed by atoms with Gasteiger partial charge in [-0.15, -0.1) is 0 Å². The molecule has 0 aliphatic heterocycles. The molecule has 72 valence electrons. The van der Waals surface area contributed by atoms with Crippen LogP contribution in [0.25, 0.3) is 0 Å². The van der Waals surface area contributed by atoms with Gasteiger partial charge >= 0.3 is 0 Å². The van der Waals surface area contributed by atoms with Crippen molar-refractivity contribution in [1.29, 1.82) is 0 Å². The van der Waals surface area contributed by atoms with Gasteiger partial charge in [0.2, 0.25) is 0 Å². The molecule has 0 heterocycles. The minimum Gasteiger partial charge on any atom is -0.382 e. The van der Waals surface area contributed by atoms with Crippen LogP contribution in [-0.4, -0.2) is 13.2 Å². The van der Waals surface area contributed by atoms with E-state index in [0.29, 0.717) is 0 Å². The molecule has 0 spiro atoms. The summed E-state index contributed by atoms with van der Waals surface area (Å²) in [5, 5.41) is 0. The van der Waals surface area contributed by atoms with Crippen molar-refractivity contribution in [2.75, 3.05) is 13.2 Å². The van der Waals surface area contributed by atoms with Crippen LogP contribution in [0.3, 0.4) is 0 Å². The minimum absolute atomic E-state index is 0. The molecule has 0 radical (unpaired) electrons. The summed E-state index contributed by atoms with van der Waals surface area (Å²) in [4.78, 5) is 0. The molecule has 1 heteroatoms. The summed E-state index contributed by atoms with van der Waals surface area (Å²) in [5.41, 5.74) is 0. The molecule has 1 nitrogen and oxygen atoms in total. The second kappa shape index (κ2) is 22.5. The molecule has 0 rings (SSSR count). The van der Waals surface area contributed by atoms with Crippen LogP contribution in [0, 0.1) is 0 Å². The molecule has 0 unspecified atom stereocenters. The lowest BCUT2D eigenvalue weighted by atomic mass is 10.3. The summed E-state index contributed by atoms with van der Waals surface area (Å²) < 4.78 is 4.83. The van der Waals surface area contributed by atoms with Crippen LogP contribution in [-0.2, 0) is 4.74 Å². The highest BCUT2D eigenvalue weighted by Gasteiger charge is 1.68. The highest BCUT2D eigenvalue weighted by molar-refractivity contribution is 4.24. The number of hydrogen-bond donors (Lipinski definition) is 0. The first-order valence-electron chi connectivity index (χ1n) is 4.41. The zero-order valence-corrected chi connectivity index (χ0v) is 7.94. The van der Waals surface area contributed by atoms with Gasteiger partial charge in [0.05, 0.1) is 0 Å². The molecule has 0 aromatic rings. The predicted octanol–water partition coefficient (Wildman–Crippen LogP) is 3.88. The van der Waals surface area contributed by atoms with Crippen molar-refractivity contribution in [3.8, 4) is 0 Å². The van der Waals surface area contributed by atoms with Gasteiger partial charge in [-0.25, -0.2) is 0 Å². The molecule has 0 N–H and O–H groups in total. The maximum Gasteiger partial charge on any atom is 0.0437 e. The third-order valence-electron chi connectivity index (χ3n) is 1.12. The molecule has 11 heavy (non-hydrogen) atoms. The third-order valence-corrected chi connectivity index (χ3v) is 1.12. The first-order valence-corrected chi connectivity index (χ1v) is 4.41. The fourth-order valence-electron chi connectivity index (χ4n) is 0.558. The third kappa shape index (κ3) is 40.2. The molecule has 0 fully saturated rings. The normalized spacial score (nSPS) is 7.64. The monoisotopic (exact) mass is 162 g/mol. The van der Waals surface area contributed by atoms with Gasteiger partial charge in [0, 0.05) is 13.2 Å². The SMILES string of the molecule is C.CCCCC.CCOCC. The van der Waals surface area contributed by atoms with E-state index < -0.39 is 0 Å². The van der Waals surface area contributed by atoms with Crippen LogP contribution >= 0.6 is 0 Å². The van der Waals surface area contributed by atoms with Crippen LogP contribution in [0.5, 0.6) is 0 Å². The van der Waals surface area contributed by atoms with Crippen molar-refractivity contribution in [2.45, 2.75) is 54.4 Å². The van der Waals surface area contributed by atoms with E-state index in [-0.39, 0.29) is 7.43 Å². The van der Waals surface area contributed by atoms with E-state index >= 15 is 0 Å². The fourth-order valence-corrected chi connectivity index (χ4v) is 0.558. The van der Waals surface area contributed by atoms with Crippen LogP contribution in [0.15, 0.2) is 0 Å². The Bertz CT molecular complexity index is 25.9. The summed E-state index contributed by atoms with van der Waals surface area (Å²) in [6, 6.07) is 0. The fraction of sp³-hybridized carbons (Fsp3) is 1.00. The van der Waals surface area contributed by atoms with E-state index in [2.05, 4.69) is 13.8 Å². The average Bonchev–Trinajstić information content (AvgIpc) is 1.93. The lowest BCUT2D eigenvalue weighted by Crippen LogP contribution is -1.84. The summed E-state index contributed by atoms with van der Waals surface area (Å²) in [6.45, 7) is 10.1. The predicted molar refractivity (Wildman–Crippen MR) is 54.1 cm³/mol. The van der Waals surface area contributed by atoms with E-state index in [1.807, 2.05) is 13.8 Å². The largest absolute Gasteiger partial charge is 0.382 e. The molecule has 0 atom stereocenters. The van der Waals surface area contributed by atoms with Gasteiger partial charge in [0.25, 0.3) is 0 Å². The number of hydrogen-bond acceptors (Lipinski definition) is 1. The Morgan fingerprint density at radius 1 is 0.818 bits per heavy atom. The van der Waals surface area contributed by atoms with Crippen molar-refractivity contribution in [3.05, 3.63) is 0 Å². The molecule has 0 aromatic carbocycles. The molecular formula is C10H26O. The average molecular weight is 162 g/mol. The second-order valence-electron chi connectivity index (χ2n) is 2.14. The van der Waals surface area contributed by atoms with E-state index in [0.717, 1.165) is 13.2 Å². The standard InChI is InChI=1S/C5H12.C4H10O.CH4/c2*1-3-5-4-2;/h3-5H2,1-2H3;3-4H2,1-2H3;1H4. The van der Waals surface area contributed by atoms with Crippen molar-refractivity contribution < 1.29 is 4.74 Å². The zero-order valence-electron chi connectivity index (χ0n) is 7.94. The van der Waals surface area contributed by atoms with E-state index in [9.17, 15) is 0 Å². The summed E-state index contributed by atoms with van der Waals surface area (Å²) >= 11 is 0. The Morgan fingerprint density at radius 3 is 1.18 bits per heavy atom. The highest BCUT2D eigenvalue weighted by atomic mass is 16.5. The van der Waals surface area contributed by atoms with Gasteiger partial charge in [-0.3, -0.25) is 0 Å². The molecule has 0 aromatic heterocycles. The van der Waals surface area contributed by atoms with E-state index in [4.69, 9.17) is 4.74 Å². The minimum atomic E-state index is 0. The summed E-state index contributed by atoms with van der Waals surface area (Å²) in [7, 11) is 0. The van der Waals surface area contributed by atoms with Crippen molar-refractivity contribution in [1.82, 2.24) is 0 Å². The quantitative estimate of drug-likeness (QED) is 0.609. The number of ether oxygens (including phenoxy) is 1. The van der Waals surface area contributed by atoms with Gasteiger partial charge in [0.1, 0.15) is 0 Å². The number of unbranched alkanes of at least 4 members (excludes halogenated alkanes) is 2. The lowest BCUT2D eigenvalue weighted by molar-refractivity contribution is 0.162. The Hall–Kier alpha value is -0.0400. The Morgan fingerprint density at radius 2 is 1.18 bits per heavy atom. The molecule has 0 bridgehead atoms. The first kappa shape index (κ1) is 17.2. The first-order chi connectivity index (χ1) is 4.83. The zero-order chi connectivity index (χ0) is 8.24. The highest BCUT2D eigenvalue weighted by Crippen LogP contribution is 1.88. The summed E-state index contributed by atoms with van der Waals surface area (Å²) in [6.07, 6.45) is 4.08. The van der Waals surface area contributed by atoms with Gasteiger partial charge in [0.15, 0.2) is 0 Å². The van der Waals surface area contributed by atoms with Gasteiger partial charge < -0.3 is 4.74 Å². The summed E-state index contributed by atoms with van der Waals surface area (Å²) in [5.74, 6) is 0. The van der Waals surface area contributed by atoms with Crippen molar-refractivity contribution >= 4 is 0 Å². The Labute approximate surface area is 73.1 Å². The topological polar surface area (TPSA) is 9.23 Å². The smallest absolute Gasteiger partial charge is 0.0437 e. The second-order valence-corrected chi connectivity index (χ2v) is 2.14. The van der Waals surface area contributed by atoms with Gasteiger partial charge in [-0.05, 0) is 13.8 Å². The molecule has 0 amide bonds. The van der Waals surface area contributed by atoms with Gasteiger partial charge in [-0.1, -0.05) is 40.5 Å². The number of rotatable bonds is 4. The van der Waals surface area contributed by atoms with Crippen LogP contribution in [0.4, 0.5) is 0 Å². The van der Waals surface area contributed by atoms with Crippen LogP contribution in [0.2, 0.25) is 0 Å². The van der Waals surface area contributed by atoms with Crippen molar-refractivity contribution in [3.63, 3.8) is 0 Å². The Balaban J connectivity index is -0.000000107. The maximum atomic E-state index is 4.83. The van der Waals surface area contributed by atoms with Gasteiger partial charge in [-0.2, -0.15) is 0 Å². The molecular weight excluding hydrogens is 136 g/mol. The Kier molecular flexibility index (Phi) is 35.1. The van der Waals surface area contributed by atoms with Crippen LogP contribution < -0.4 is 0 Å². The van der Waals surface area contributed by atoms with Crippen LogP contribution in [0.1, 0.15) is 54.4 Å². The lowest BCUT2D eigenvalue weighted by Gasteiger charge is -1.86. The maximum absolute atomic E-state index is 4.83. The van der Waals surface area contributed by atoms with E-state index in [1.54, 1.807) is 0 Å². The van der Waals surface area contributed by atoms with Crippen molar-refractivity contribution in [2.24, 2.45) is 0 Å². The molecule has 0 saturated carbocycles. The molecule has 0 aliphatic carbocycles. The van der Waals surface area contributed by atoms with E-state index in [1.165, 1.54) is 19.3 Å². The molecule has 0 aliphatic rings.